The highest BCUT2D eigenvalue weighted by atomic mass is 32.2. The van der Waals surface area contributed by atoms with Gasteiger partial charge in [-0.2, -0.15) is 4.72 Å². The van der Waals surface area contributed by atoms with Crippen molar-refractivity contribution >= 4 is 27.5 Å². The first kappa shape index (κ1) is 21.0. The van der Waals surface area contributed by atoms with Crippen LogP contribution in [0.15, 0.2) is 59.5 Å². The zero-order valence-electron chi connectivity index (χ0n) is 16.3. The topological polar surface area (TPSA) is 95.6 Å². The molecule has 0 spiro atoms. The highest BCUT2D eigenvalue weighted by Crippen LogP contribution is 2.20. The van der Waals surface area contributed by atoms with E-state index in [2.05, 4.69) is 10.0 Å². The molecule has 1 saturated heterocycles. The molecule has 2 N–H and O–H groups in total. The molecule has 2 aromatic rings. The second-order valence-electron chi connectivity index (χ2n) is 7.04. The summed E-state index contributed by atoms with van der Waals surface area (Å²) < 4.78 is 27.2. The number of carbonyl (C=O) groups is 2. The second-order valence-corrected chi connectivity index (χ2v) is 8.76. The molecule has 0 saturated carbocycles. The van der Waals surface area contributed by atoms with Crippen LogP contribution >= 0.6 is 0 Å². The van der Waals surface area contributed by atoms with Crippen molar-refractivity contribution in [3.63, 3.8) is 0 Å². The lowest BCUT2D eigenvalue weighted by Gasteiger charge is -2.27. The number of nitrogens with one attached hydrogen (secondary N) is 2. The van der Waals surface area contributed by atoms with Crippen LogP contribution in [0.2, 0.25) is 0 Å². The van der Waals surface area contributed by atoms with Crippen LogP contribution in [0.3, 0.4) is 0 Å². The van der Waals surface area contributed by atoms with Crippen molar-refractivity contribution in [2.75, 3.05) is 18.4 Å². The minimum atomic E-state index is -3.83. The highest BCUT2D eigenvalue weighted by Gasteiger charge is 2.25. The Bertz CT molecular complexity index is 970. The van der Waals surface area contributed by atoms with Gasteiger partial charge in [0.2, 0.25) is 15.9 Å². The van der Waals surface area contributed by atoms with Gasteiger partial charge in [0.05, 0.1) is 22.2 Å². The standard InChI is InChI=1S/C21H25N3O4S/c1-16(23-29(27,28)17-10-4-2-5-11-17)20(25)22-19-13-7-6-12-18(19)21(26)24-14-8-3-9-15-24/h2,4-7,10-13,16,23H,3,8-9,14-15H2,1H3,(H,22,25)/t16-/m0/s1. The van der Waals surface area contributed by atoms with Gasteiger partial charge >= 0.3 is 0 Å². The monoisotopic (exact) mass is 415 g/mol. The lowest BCUT2D eigenvalue weighted by Crippen LogP contribution is -2.42. The summed E-state index contributed by atoms with van der Waals surface area (Å²) in [6, 6.07) is 13.6. The van der Waals surface area contributed by atoms with Crippen molar-refractivity contribution in [3.05, 3.63) is 60.2 Å². The largest absolute Gasteiger partial charge is 0.339 e. The van der Waals surface area contributed by atoms with Gasteiger partial charge in [0.15, 0.2) is 0 Å². The fraction of sp³-hybridized carbons (Fsp3) is 0.333. The Morgan fingerprint density at radius 1 is 0.931 bits per heavy atom. The number of sulfonamides is 1. The fourth-order valence-electron chi connectivity index (χ4n) is 3.24. The van der Waals surface area contributed by atoms with Crippen LogP contribution in [0.25, 0.3) is 0 Å². The van der Waals surface area contributed by atoms with Crippen LogP contribution in [0.1, 0.15) is 36.5 Å². The maximum Gasteiger partial charge on any atom is 0.255 e. The predicted octanol–water partition coefficient (Wildman–Crippen LogP) is 2.62. The van der Waals surface area contributed by atoms with E-state index in [1.807, 2.05) is 0 Å². The van der Waals surface area contributed by atoms with E-state index in [1.54, 1.807) is 47.4 Å². The van der Waals surface area contributed by atoms with E-state index in [0.29, 0.717) is 24.3 Å². The molecule has 1 atom stereocenters. The van der Waals surface area contributed by atoms with Gasteiger partial charge in [0, 0.05) is 13.1 Å². The molecule has 0 bridgehead atoms. The number of benzene rings is 2. The van der Waals surface area contributed by atoms with Crippen molar-refractivity contribution < 1.29 is 18.0 Å². The van der Waals surface area contributed by atoms with Crippen LogP contribution in [0, 0.1) is 0 Å². The molecular formula is C21H25N3O4S. The summed E-state index contributed by atoms with van der Waals surface area (Å²) in [6.07, 6.45) is 3.05. The van der Waals surface area contributed by atoms with Crippen LogP contribution in [-0.2, 0) is 14.8 Å². The molecule has 0 aromatic heterocycles. The van der Waals surface area contributed by atoms with Gasteiger partial charge in [0.1, 0.15) is 0 Å². The lowest BCUT2D eigenvalue weighted by molar-refractivity contribution is -0.117. The van der Waals surface area contributed by atoms with Gasteiger partial charge in [-0.1, -0.05) is 30.3 Å². The molecule has 0 aliphatic carbocycles. The Hall–Kier alpha value is -2.71. The third-order valence-electron chi connectivity index (χ3n) is 4.84. The van der Waals surface area contributed by atoms with Gasteiger partial charge < -0.3 is 10.2 Å². The Morgan fingerprint density at radius 2 is 1.55 bits per heavy atom. The van der Waals surface area contributed by atoms with Crippen molar-refractivity contribution in [1.82, 2.24) is 9.62 Å². The van der Waals surface area contributed by atoms with Gasteiger partial charge in [-0.15, -0.1) is 0 Å². The highest BCUT2D eigenvalue weighted by molar-refractivity contribution is 7.89. The summed E-state index contributed by atoms with van der Waals surface area (Å²) in [7, 11) is -3.83. The second kappa shape index (κ2) is 9.19. The first-order valence-electron chi connectivity index (χ1n) is 9.65. The summed E-state index contributed by atoms with van der Waals surface area (Å²) in [6.45, 7) is 2.87. The fourth-order valence-corrected chi connectivity index (χ4v) is 4.46. The number of hydrogen-bond donors (Lipinski definition) is 2. The summed E-state index contributed by atoms with van der Waals surface area (Å²) in [5, 5.41) is 2.69. The zero-order chi connectivity index (χ0) is 20.9. The average Bonchev–Trinajstić information content (AvgIpc) is 2.74. The zero-order valence-corrected chi connectivity index (χ0v) is 17.1. The van der Waals surface area contributed by atoms with Gasteiger partial charge in [-0.3, -0.25) is 9.59 Å². The molecule has 8 heteroatoms. The number of likely N-dealkylation sites (tertiary alicyclic amines) is 1. The number of nitrogens with zero attached hydrogens (tertiary/aromatic N) is 1. The summed E-state index contributed by atoms with van der Waals surface area (Å²) in [5.41, 5.74) is 0.777. The molecule has 154 valence electrons. The molecule has 1 aliphatic heterocycles. The minimum absolute atomic E-state index is 0.0836. The number of piperidine rings is 1. The van der Waals surface area contributed by atoms with E-state index in [4.69, 9.17) is 0 Å². The number of carbonyl (C=O) groups excluding carboxylic acids is 2. The maximum atomic E-state index is 12.8. The molecule has 3 rings (SSSR count). The van der Waals surface area contributed by atoms with Crippen LogP contribution in [-0.4, -0.2) is 44.3 Å². The summed E-state index contributed by atoms with van der Waals surface area (Å²) in [4.78, 5) is 27.3. The lowest BCUT2D eigenvalue weighted by atomic mass is 10.1. The Balaban J connectivity index is 1.71. The average molecular weight is 416 g/mol. The first-order chi connectivity index (χ1) is 13.9. The molecule has 1 heterocycles. The van der Waals surface area contributed by atoms with E-state index in [-0.39, 0.29) is 10.8 Å². The van der Waals surface area contributed by atoms with E-state index in [1.165, 1.54) is 19.1 Å². The van der Waals surface area contributed by atoms with Gasteiger partial charge in [-0.25, -0.2) is 8.42 Å². The van der Waals surface area contributed by atoms with Crippen LogP contribution in [0.4, 0.5) is 5.69 Å². The van der Waals surface area contributed by atoms with Crippen LogP contribution in [0.5, 0.6) is 0 Å². The quantitative estimate of drug-likeness (QED) is 0.758. The maximum absolute atomic E-state index is 12.8. The third kappa shape index (κ3) is 5.21. The molecule has 0 unspecified atom stereocenters. The number of hydrogen-bond acceptors (Lipinski definition) is 4. The normalized spacial score (nSPS) is 15.6. The Kier molecular flexibility index (Phi) is 6.66. The molecule has 7 nitrogen and oxygen atoms in total. The molecule has 1 aliphatic rings. The predicted molar refractivity (Wildman–Crippen MR) is 111 cm³/mol. The Morgan fingerprint density at radius 3 is 2.24 bits per heavy atom. The van der Waals surface area contributed by atoms with E-state index >= 15 is 0 Å². The van der Waals surface area contributed by atoms with Gasteiger partial charge in [0.25, 0.3) is 5.91 Å². The first-order valence-corrected chi connectivity index (χ1v) is 11.1. The number of anilines is 1. The van der Waals surface area contributed by atoms with Crippen molar-refractivity contribution in [2.24, 2.45) is 0 Å². The summed E-state index contributed by atoms with van der Waals surface area (Å²) >= 11 is 0. The SMILES string of the molecule is C[C@H](NS(=O)(=O)c1ccccc1)C(=O)Nc1ccccc1C(=O)N1CCCCC1. The van der Waals surface area contributed by atoms with E-state index in [0.717, 1.165) is 19.3 Å². The Labute approximate surface area is 171 Å². The molecule has 2 amide bonds. The van der Waals surface area contributed by atoms with Crippen molar-refractivity contribution in [3.8, 4) is 0 Å². The number of para-hydroxylation sites is 1. The van der Waals surface area contributed by atoms with Crippen molar-refractivity contribution in [2.45, 2.75) is 37.1 Å². The molecule has 1 fully saturated rings. The number of amides is 2. The molecule has 29 heavy (non-hydrogen) atoms. The molecule has 2 aromatic carbocycles. The smallest absolute Gasteiger partial charge is 0.255 e. The summed E-state index contributed by atoms with van der Waals surface area (Å²) in [5.74, 6) is -0.665. The third-order valence-corrected chi connectivity index (χ3v) is 6.39. The molecule has 0 radical (unpaired) electrons. The van der Waals surface area contributed by atoms with Crippen LogP contribution < -0.4 is 10.0 Å². The van der Waals surface area contributed by atoms with E-state index < -0.39 is 22.0 Å². The van der Waals surface area contributed by atoms with Gasteiger partial charge in [-0.05, 0) is 50.5 Å². The van der Waals surface area contributed by atoms with Crippen molar-refractivity contribution in [1.29, 1.82) is 0 Å². The minimum Gasteiger partial charge on any atom is -0.339 e. The number of rotatable bonds is 6. The van der Waals surface area contributed by atoms with E-state index in [9.17, 15) is 18.0 Å². The molecular weight excluding hydrogens is 390 g/mol.